The Hall–Kier alpha value is -2.15. The van der Waals surface area contributed by atoms with E-state index in [1.165, 1.54) is 11.8 Å². The van der Waals surface area contributed by atoms with E-state index in [9.17, 15) is 9.59 Å². The lowest BCUT2D eigenvalue weighted by atomic mass is 9.87. The summed E-state index contributed by atoms with van der Waals surface area (Å²) in [5, 5.41) is 3.63. The van der Waals surface area contributed by atoms with Crippen molar-refractivity contribution in [3.05, 3.63) is 29.8 Å². The largest absolute Gasteiger partial charge is 0.497 e. The zero-order valence-electron chi connectivity index (χ0n) is 14.2. The standard InChI is InChI=1S/C18H21N3O3S/c1-24-13-6-4-5-12(9-13)10-19-16(22)11-25-17-14-7-2-3-8-15(14)20-18(23)21-17/h4-6,9,14H,2-3,7-8,10-11H2,1H3,(H,19,22). The SMILES string of the molecule is COc1cccc(CNC(=O)CSC2=NC(=O)N=C3CCCCC32)c1. The Labute approximate surface area is 151 Å². The third-order valence-corrected chi connectivity index (χ3v) is 5.37. The zero-order chi connectivity index (χ0) is 17.6. The topological polar surface area (TPSA) is 80.1 Å². The molecule has 1 N–H and O–H groups in total. The number of thioether (sulfide) groups is 1. The predicted molar refractivity (Wildman–Crippen MR) is 99.5 cm³/mol. The van der Waals surface area contributed by atoms with Crippen molar-refractivity contribution < 1.29 is 14.3 Å². The Morgan fingerprint density at radius 3 is 3.08 bits per heavy atom. The highest BCUT2D eigenvalue weighted by Gasteiger charge is 2.30. The monoisotopic (exact) mass is 359 g/mol. The molecule has 1 aromatic rings. The fourth-order valence-electron chi connectivity index (χ4n) is 3.02. The second kappa shape index (κ2) is 8.29. The minimum absolute atomic E-state index is 0.0807. The molecular weight excluding hydrogens is 338 g/mol. The van der Waals surface area contributed by atoms with E-state index < -0.39 is 6.03 Å². The highest BCUT2D eigenvalue weighted by atomic mass is 32.2. The fourth-order valence-corrected chi connectivity index (χ4v) is 4.00. The molecule has 132 valence electrons. The molecule has 1 aromatic carbocycles. The maximum atomic E-state index is 12.1. The lowest BCUT2D eigenvalue weighted by Crippen LogP contribution is -2.32. The van der Waals surface area contributed by atoms with Gasteiger partial charge in [0.2, 0.25) is 5.91 Å². The first-order valence-corrected chi connectivity index (χ1v) is 9.36. The van der Waals surface area contributed by atoms with Crippen molar-refractivity contribution in [2.24, 2.45) is 15.9 Å². The number of fused-ring (bicyclic) bond motifs is 1. The Kier molecular flexibility index (Phi) is 5.86. The number of nitrogens with zero attached hydrogens (tertiary/aromatic N) is 2. The summed E-state index contributed by atoms with van der Waals surface area (Å²) in [7, 11) is 1.61. The van der Waals surface area contributed by atoms with Crippen LogP contribution < -0.4 is 10.1 Å². The number of nitrogens with one attached hydrogen (secondary N) is 1. The van der Waals surface area contributed by atoms with E-state index in [-0.39, 0.29) is 17.6 Å². The van der Waals surface area contributed by atoms with E-state index in [0.29, 0.717) is 6.54 Å². The highest BCUT2D eigenvalue weighted by Crippen LogP contribution is 2.30. The van der Waals surface area contributed by atoms with Crippen LogP contribution in [0.4, 0.5) is 4.79 Å². The van der Waals surface area contributed by atoms with Gasteiger partial charge in [-0.2, -0.15) is 4.99 Å². The smallest absolute Gasteiger partial charge is 0.367 e. The molecule has 0 saturated heterocycles. The van der Waals surface area contributed by atoms with Crippen molar-refractivity contribution in [3.63, 3.8) is 0 Å². The molecule has 0 aromatic heterocycles. The van der Waals surface area contributed by atoms with Gasteiger partial charge in [0, 0.05) is 18.2 Å². The Morgan fingerprint density at radius 1 is 1.36 bits per heavy atom. The third-order valence-electron chi connectivity index (χ3n) is 4.30. The van der Waals surface area contributed by atoms with E-state index in [1.807, 2.05) is 24.3 Å². The average molecular weight is 359 g/mol. The van der Waals surface area contributed by atoms with Crippen molar-refractivity contribution in [2.75, 3.05) is 12.9 Å². The van der Waals surface area contributed by atoms with Gasteiger partial charge >= 0.3 is 6.03 Å². The zero-order valence-corrected chi connectivity index (χ0v) is 15.0. The van der Waals surface area contributed by atoms with E-state index in [4.69, 9.17) is 4.74 Å². The number of benzene rings is 1. The van der Waals surface area contributed by atoms with E-state index in [1.54, 1.807) is 7.11 Å². The molecule has 1 heterocycles. The number of urea groups is 1. The molecule has 2 aliphatic rings. The molecule has 1 aliphatic carbocycles. The van der Waals surface area contributed by atoms with Gasteiger partial charge in [-0.25, -0.2) is 9.79 Å². The summed E-state index contributed by atoms with van der Waals surface area (Å²) in [6.07, 6.45) is 4.00. The van der Waals surface area contributed by atoms with Crippen molar-refractivity contribution >= 4 is 34.5 Å². The van der Waals surface area contributed by atoms with Crippen LogP contribution in [-0.2, 0) is 11.3 Å². The maximum absolute atomic E-state index is 12.1. The van der Waals surface area contributed by atoms with Crippen LogP contribution >= 0.6 is 11.8 Å². The number of ether oxygens (including phenoxy) is 1. The minimum Gasteiger partial charge on any atom is -0.497 e. The summed E-state index contributed by atoms with van der Waals surface area (Å²) in [5.41, 5.74) is 1.91. The Morgan fingerprint density at radius 2 is 2.24 bits per heavy atom. The summed E-state index contributed by atoms with van der Waals surface area (Å²) in [4.78, 5) is 31.8. The van der Waals surface area contributed by atoms with Crippen molar-refractivity contribution in [1.29, 1.82) is 0 Å². The van der Waals surface area contributed by atoms with Crippen LogP contribution in [0, 0.1) is 5.92 Å². The van der Waals surface area contributed by atoms with Crippen molar-refractivity contribution in [2.45, 2.75) is 32.2 Å². The van der Waals surface area contributed by atoms with Crippen LogP contribution in [0.3, 0.4) is 0 Å². The summed E-state index contributed by atoms with van der Waals surface area (Å²) >= 11 is 1.35. The molecule has 0 bridgehead atoms. The average Bonchev–Trinajstić information content (AvgIpc) is 2.64. The van der Waals surface area contributed by atoms with Crippen LogP contribution in [0.5, 0.6) is 5.75 Å². The van der Waals surface area contributed by atoms with Crippen LogP contribution in [-0.4, -0.2) is 35.6 Å². The number of amides is 3. The Bertz CT molecular complexity index is 730. The van der Waals surface area contributed by atoms with Crippen LogP contribution in [0.25, 0.3) is 0 Å². The lowest BCUT2D eigenvalue weighted by molar-refractivity contribution is -0.118. The molecule has 1 saturated carbocycles. The van der Waals surface area contributed by atoms with Gasteiger partial charge in [-0.3, -0.25) is 4.79 Å². The molecule has 1 atom stereocenters. The van der Waals surface area contributed by atoms with Gasteiger partial charge in [0.25, 0.3) is 0 Å². The van der Waals surface area contributed by atoms with Crippen molar-refractivity contribution in [1.82, 2.24) is 5.32 Å². The molecular formula is C18H21N3O3S. The number of hydrogen-bond donors (Lipinski definition) is 1. The Balaban J connectivity index is 1.51. The molecule has 7 heteroatoms. The molecule has 3 rings (SSSR count). The van der Waals surface area contributed by atoms with E-state index in [0.717, 1.165) is 47.8 Å². The molecule has 6 nitrogen and oxygen atoms in total. The summed E-state index contributed by atoms with van der Waals surface area (Å²) in [5.74, 6) is 1.06. The number of methoxy groups -OCH3 is 1. The molecule has 0 spiro atoms. The number of carbonyl (C=O) groups is 2. The number of rotatable bonds is 5. The molecule has 1 fully saturated rings. The first kappa shape index (κ1) is 17.7. The molecule has 25 heavy (non-hydrogen) atoms. The van der Waals surface area contributed by atoms with E-state index >= 15 is 0 Å². The number of carbonyl (C=O) groups excluding carboxylic acids is 2. The number of aliphatic imine (C=N–C) groups is 2. The van der Waals surface area contributed by atoms with Crippen molar-refractivity contribution in [3.8, 4) is 5.75 Å². The highest BCUT2D eigenvalue weighted by molar-refractivity contribution is 8.14. The minimum atomic E-state index is -0.438. The normalized spacial score (nSPS) is 19.6. The van der Waals surface area contributed by atoms with Crippen LogP contribution in [0.2, 0.25) is 0 Å². The van der Waals surface area contributed by atoms with Gasteiger partial charge in [-0.15, -0.1) is 11.8 Å². The molecule has 1 unspecified atom stereocenters. The van der Waals surface area contributed by atoms with Gasteiger partial charge in [-0.05, 0) is 37.0 Å². The first-order valence-electron chi connectivity index (χ1n) is 8.38. The van der Waals surface area contributed by atoms with Gasteiger partial charge in [0.1, 0.15) is 5.75 Å². The maximum Gasteiger partial charge on any atom is 0.367 e. The molecule has 3 amide bonds. The van der Waals surface area contributed by atoms with Gasteiger partial charge in [-0.1, -0.05) is 18.6 Å². The van der Waals surface area contributed by atoms with Crippen LogP contribution in [0.1, 0.15) is 31.2 Å². The fraction of sp³-hybridized carbons (Fsp3) is 0.444. The summed E-state index contributed by atoms with van der Waals surface area (Å²) in [6, 6.07) is 7.14. The third kappa shape index (κ3) is 4.69. The predicted octanol–water partition coefficient (Wildman–Crippen LogP) is 3.21. The molecule has 1 aliphatic heterocycles. The van der Waals surface area contributed by atoms with Crippen LogP contribution in [0.15, 0.2) is 34.3 Å². The second-order valence-electron chi connectivity index (χ2n) is 6.05. The van der Waals surface area contributed by atoms with Gasteiger partial charge in [0.05, 0.1) is 17.9 Å². The summed E-state index contributed by atoms with van der Waals surface area (Å²) in [6.45, 7) is 0.443. The molecule has 0 radical (unpaired) electrons. The van der Waals surface area contributed by atoms with Gasteiger partial charge in [0.15, 0.2) is 0 Å². The van der Waals surface area contributed by atoms with E-state index in [2.05, 4.69) is 15.3 Å². The quantitative estimate of drug-likeness (QED) is 0.875. The first-order chi connectivity index (χ1) is 12.2. The van der Waals surface area contributed by atoms with Gasteiger partial charge < -0.3 is 10.1 Å². The lowest BCUT2D eigenvalue weighted by Gasteiger charge is -2.26. The number of hydrogen-bond acceptors (Lipinski definition) is 4. The summed E-state index contributed by atoms with van der Waals surface area (Å²) < 4.78 is 5.17. The second-order valence-corrected chi connectivity index (χ2v) is 7.05.